The zero-order valence-corrected chi connectivity index (χ0v) is 8.72. The Kier molecular flexibility index (Phi) is 2.95. The molecule has 2 aliphatic rings. The molecule has 2 saturated heterocycles. The van der Waals surface area contributed by atoms with Gasteiger partial charge in [-0.1, -0.05) is 6.92 Å². The van der Waals surface area contributed by atoms with Gasteiger partial charge in [0.15, 0.2) is 0 Å². The normalized spacial score (nSPS) is 45.8. The van der Waals surface area contributed by atoms with Crippen molar-refractivity contribution in [2.75, 3.05) is 0 Å². The molecule has 2 aliphatic heterocycles. The van der Waals surface area contributed by atoms with Gasteiger partial charge in [-0.2, -0.15) is 0 Å². The molecule has 0 aromatic rings. The van der Waals surface area contributed by atoms with E-state index >= 15 is 0 Å². The lowest BCUT2D eigenvalue weighted by Crippen LogP contribution is -2.65. The number of aliphatic hydroxyl groups is 2. The summed E-state index contributed by atoms with van der Waals surface area (Å²) in [6.45, 7) is 1.91. The maximum Gasteiger partial charge on any atom is 0.220 e. The van der Waals surface area contributed by atoms with Crippen LogP contribution in [0.2, 0.25) is 0 Å². The number of rotatable bonds is 1. The minimum atomic E-state index is -0.919. The second-order valence-electron chi connectivity index (χ2n) is 4.23. The Morgan fingerprint density at radius 2 is 2.20 bits per heavy atom. The fraction of sp³-hybridized carbons (Fsp3) is 0.900. The van der Waals surface area contributed by atoms with Crippen molar-refractivity contribution in [1.29, 1.82) is 0 Å². The SMILES string of the molecule is CC[C@H]1OC2CCC(=O)NC2[C@@H](O)[C@H]1O. The summed E-state index contributed by atoms with van der Waals surface area (Å²) in [4.78, 5) is 11.2. The first-order chi connectivity index (χ1) is 7.13. The molecule has 2 fully saturated rings. The van der Waals surface area contributed by atoms with Crippen LogP contribution < -0.4 is 5.32 Å². The highest BCUT2D eigenvalue weighted by Crippen LogP contribution is 2.27. The minimum absolute atomic E-state index is 0.0824. The largest absolute Gasteiger partial charge is 0.388 e. The van der Waals surface area contributed by atoms with Crippen LogP contribution in [0.15, 0.2) is 0 Å². The smallest absolute Gasteiger partial charge is 0.220 e. The third-order valence-corrected chi connectivity index (χ3v) is 3.23. The maximum atomic E-state index is 11.2. The summed E-state index contributed by atoms with van der Waals surface area (Å²) in [6, 6.07) is -0.455. The molecule has 0 bridgehead atoms. The van der Waals surface area contributed by atoms with E-state index in [1.807, 2.05) is 6.92 Å². The van der Waals surface area contributed by atoms with Crippen LogP contribution in [0, 0.1) is 0 Å². The second-order valence-corrected chi connectivity index (χ2v) is 4.23. The van der Waals surface area contributed by atoms with Crippen molar-refractivity contribution >= 4 is 5.91 Å². The average molecular weight is 215 g/mol. The summed E-state index contributed by atoms with van der Waals surface area (Å²) in [7, 11) is 0. The first kappa shape index (κ1) is 10.9. The maximum absolute atomic E-state index is 11.2. The van der Waals surface area contributed by atoms with Crippen molar-refractivity contribution in [1.82, 2.24) is 5.32 Å². The molecule has 0 saturated carbocycles. The van der Waals surface area contributed by atoms with Gasteiger partial charge in [0.1, 0.15) is 12.2 Å². The van der Waals surface area contributed by atoms with Crippen LogP contribution in [0.3, 0.4) is 0 Å². The quantitative estimate of drug-likeness (QED) is 0.533. The molecule has 0 aliphatic carbocycles. The van der Waals surface area contributed by atoms with Gasteiger partial charge < -0.3 is 20.3 Å². The van der Waals surface area contributed by atoms with Crippen molar-refractivity contribution in [2.24, 2.45) is 0 Å². The van der Waals surface area contributed by atoms with E-state index in [1.54, 1.807) is 0 Å². The van der Waals surface area contributed by atoms with E-state index in [9.17, 15) is 15.0 Å². The number of ether oxygens (including phenoxy) is 1. The molecule has 86 valence electrons. The first-order valence-electron chi connectivity index (χ1n) is 5.44. The monoisotopic (exact) mass is 215 g/mol. The van der Waals surface area contributed by atoms with Crippen molar-refractivity contribution in [2.45, 2.75) is 56.6 Å². The molecule has 0 radical (unpaired) electrons. The van der Waals surface area contributed by atoms with Gasteiger partial charge in [0.25, 0.3) is 0 Å². The summed E-state index contributed by atoms with van der Waals surface area (Å²) < 4.78 is 5.65. The van der Waals surface area contributed by atoms with Gasteiger partial charge in [0, 0.05) is 6.42 Å². The van der Waals surface area contributed by atoms with E-state index in [4.69, 9.17) is 4.74 Å². The third-order valence-electron chi connectivity index (χ3n) is 3.23. The molecule has 1 amide bonds. The summed E-state index contributed by atoms with van der Waals surface area (Å²) in [5.41, 5.74) is 0. The molecule has 2 unspecified atom stereocenters. The van der Waals surface area contributed by atoms with Crippen LogP contribution in [-0.2, 0) is 9.53 Å². The van der Waals surface area contributed by atoms with Crippen LogP contribution in [0.25, 0.3) is 0 Å². The van der Waals surface area contributed by atoms with Crippen molar-refractivity contribution < 1.29 is 19.7 Å². The number of nitrogens with one attached hydrogen (secondary N) is 1. The lowest BCUT2D eigenvalue weighted by Gasteiger charge is -2.45. The molecule has 2 heterocycles. The van der Waals surface area contributed by atoms with Gasteiger partial charge in [0.2, 0.25) is 5.91 Å². The van der Waals surface area contributed by atoms with Gasteiger partial charge in [-0.3, -0.25) is 4.79 Å². The summed E-state index contributed by atoms with van der Waals surface area (Å²) in [5.74, 6) is -0.0824. The van der Waals surface area contributed by atoms with Crippen LogP contribution in [0.1, 0.15) is 26.2 Å². The average Bonchev–Trinajstić information content (AvgIpc) is 2.24. The van der Waals surface area contributed by atoms with Gasteiger partial charge in [0.05, 0.1) is 18.2 Å². The summed E-state index contributed by atoms with van der Waals surface area (Å²) in [6.07, 6.45) is -0.595. The molecule has 5 atom stereocenters. The highest BCUT2D eigenvalue weighted by atomic mass is 16.5. The highest BCUT2D eigenvalue weighted by molar-refractivity contribution is 5.77. The number of hydrogen-bond donors (Lipinski definition) is 3. The topological polar surface area (TPSA) is 78.8 Å². The van der Waals surface area contributed by atoms with Crippen LogP contribution in [-0.4, -0.2) is 46.6 Å². The van der Waals surface area contributed by atoms with Gasteiger partial charge in [-0.05, 0) is 12.8 Å². The Balaban J connectivity index is 2.11. The Hall–Kier alpha value is -0.650. The molecule has 2 rings (SSSR count). The Morgan fingerprint density at radius 3 is 2.87 bits per heavy atom. The van der Waals surface area contributed by atoms with E-state index in [0.717, 1.165) is 0 Å². The van der Waals surface area contributed by atoms with Crippen molar-refractivity contribution in [3.8, 4) is 0 Å². The lowest BCUT2D eigenvalue weighted by atomic mass is 9.87. The van der Waals surface area contributed by atoms with E-state index in [0.29, 0.717) is 19.3 Å². The van der Waals surface area contributed by atoms with Crippen molar-refractivity contribution in [3.63, 3.8) is 0 Å². The lowest BCUT2D eigenvalue weighted by molar-refractivity contribution is -0.194. The predicted octanol–water partition coefficient (Wildman–Crippen LogP) is -0.836. The number of carbonyl (C=O) groups excluding carboxylic acids is 1. The van der Waals surface area contributed by atoms with Crippen LogP contribution in [0.4, 0.5) is 0 Å². The molecular weight excluding hydrogens is 198 g/mol. The Bertz CT molecular complexity index is 256. The number of piperidine rings is 1. The zero-order valence-electron chi connectivity index (χ0n) is 8.72. The minimum Gasteiger partial charge on any atom is -0.388 e. The van der Waals surface area contributed by atoms with E-state index < -0.39 is 18.2 Å². The fourth-order valence-electron chi connectivity index (χ4n) is 2.34. The number of hydrogen-bond acceptors (Lipinski definition) is 4. The fourth-order valence-corrected chi connectivity index (χ4v) is 2.34. The van der Waals surface area contributed by atoms with Gasteiger partial charge >= 0.3 is 0 Å². The molecule has 0 spiro atoms. The summed E-state index contributed by atoms with van der Waals surface area (Å²) in [5, 5.41) is 22.3. The third kappa shape index (κ3) is 1.87. The molecular formula is C10H17NO4. The van der Waals surface area contributed by atoms with E-state index in [2.05, 4.69) is 5.32 Å². The molecule has 0 aromatic heterocycles. The molecule has 3 N–H and O–H groups in total. The predicted molar refractivity (Wildman–Crippen MR) is 52.1 cm³/mol. The van der Waals surface area contributed by atoms with Crippen LogP contribution >= 0.6 is 0 Å². The number of carbonyl (C=O) groups is 1. The molecule has 15 heavy (non-hydrogen) atoms. The molecule has 5 heteroatoms. The molecule has 0 aromatic carbocycles. The summed E-state index contributed by atoms with van der Waals surface area (Å²) >= 11 is 0. The Morgan fingerprint density at radius 1 is 1.47 bits per heavy atom. The van der Waals surface area contributed by atoms with Gasteiger partial charge in [-0.25, -0.2) is 0 Å². The highest BCUT2D eigenvalue weighted by Gasteiger charge is 2.45. The standard InChI is InChI=1S/C10H17NO4/c1-2-5-9(13)10(14)8-6(15-5)3-4-7(12)11-8/h5-6,8-10,13-14H,2-4H2,1H3,(H,11,12)/t5-,6?,8?,9+,10-/m1/s1. The van der Waals surface area contributed by atoms with Crippen LogP contribution in [0.5, 0.6) is 0 Å². The number of aliphatic hydroxyl groups excluding tert-OH is 2. The number of fused-ring (bicyclic) bond motifs is 1. The van der Waals surface area contributed by atoms with E-state index in [-0.39, 0.29) is 18.1 Å². The first-order valence-corrected chi connectivity index (χ1v) is 5.44. The molecule has 5 nitrogen and oxygen atoms in total. The zero-order chi connectivity index (χ0) is 11.0. The van der Waals surface area contributed by atoms with Gasteiger partial charge in [-0.15, -0.1) is 0 Å². The Labute approximate surface area is 88.4 Å². The number of amides is 1. The second kappa shape index (κ2) is 4.08. The van der Waals surface area contributed by atoms with Crippen molar-refractivity contribution in [3.05, 3.63) is 0 Å². The van der Waals surface area contributed by atoms with E-state index in [1.165, 1.54) is 0 Å².